The van der Waals surface area contributed by atoms with Crippen molar-refractivity contribution in [2.45, 2.75) is 32.2 Å². The molecule has 0 aliphatic carbocycles. The molecule has 2 N–H and O–H groups in total. The molecule has 1 amide bonds. The van der Waals surface area contributed by atoms with Crippen LogP contribution in [0.25, 0.3) is 0 Å². The second kappa shape index (κ2) is 6.68. The number of hydrogen-bond acceptors (Lipinski definition) is 5. The van der Waals surface area contributed by atoms with Gasteiger partial charge < -0.3 is 15.4 Å². The fraction of sp³-hybridized carbons (Fsp3) is 0.538. The molecule has 0 saturated carbocycles. The maximum Gasteiger partial charge on any atom is 0.341 e. The zero-order valence-corrected chi connectivity index (χ0v) is 11.7. The molecular weight excluding hydrogens is 264 g/mol. The lowest BCUT2D eigenvalue weighted by Crippen LogP contribution is -2.43. The zero-order valence-electron chi connectivity index (χ0n) is 10.9. The highest BCUT2D eigenvalue weighted by Crippen LogP contribution is 2.24. The van der Waals surface area contributed by atoms with E-state index >= 15 is 0 Å². The lowest BCUT2D eigenvalue weighted by molar-refractivity contribution is -0.118. The van der Waals surface area contributed by atoms with Crippen LogP contribution >= 0.6 is 11.3 Å². The Balaban J connectivity index is 2.00. The Morgan fingerprint density at radius 3 is 3.05 bits per heavy atom. The SMILES string of the molecule is CCOC(=O)c1ccsc1NC(=O)[C@H]1CCCCN1. The summed E-state index contributed by atoms with van der Waals surface area (Å²) < 4.78 is 4.95. The van der Waals surface area contributed by atoms with Crippen LogP contribution in [0.3, 0.4) is 0 Å². The van der Waals surface area contributed by atoms with Gasteiger partial charge >= 0.3 is 5.97 Å². The highest BCUT2D eigenvalue weighted by atomic mass is 32.1. The van der Waals surface area contributed by atoms with E-state index in [1.165, 1.54) is 11.3 Å². The highest BCUT2D eigenvalue weighted by Gasteiger charge is 2.23. The van der Waals surface area contributed by atoms with E-state index < -0.39 is 5.97 Å². The number of amides is 1. The van der Waals surface area contributed by atoms with Crippen molar-refractivity contribution in [1.82, 2.24) is 5.32 Å². The van der Waals surface area contributed by atoms with E-state index in [1.54, 1.807) is 18.4 Å². The molecule has 1 aliphatic heterocycles. The Morgan fingerprint density at radius 1 is 1.53 bits per heavy atom. The molecule has 0 unspecified atom stereocenters. The molecule has 104 valence electrons. The van der Waals surface area contributed by atoms with Gasteiger partial charge in [0.2, 0.25) is 5.91 Å². The molecule has 2 heterocycles. The molecule has 1 aromatic heterocycles. The number of esters is 1. The number of ether oxygens (including phenoxy) is 1. The van der Waals surface area contributed by atoms with E-state index in [2.05, 4.69) is 10.6 Å². The number of anilines is 1. The van der Waals surface area contributed by atoms with E-state index in [4.69, 9.17) is 4.74 Å². The summed E-state index contributed by atoms with van der Waals surface area (Å²) >= 11 is 1.34. The van der Waals surface area contributed by atoms with Gasteiger partial charge in [-0.05, 0) is 37.8 Å². The minimum absolute atomic E-state index is 0.0762. The minimum Gasteiger partial charge on any atom is -0.462 e. The molecule has 0 bridgehead atoms. The molecule has 5 nitrogen and oxygen atoms in total. The Bertz CT molecular complexity index is 452. The summed E-state index contributed by atoms with van der Waals surface area (Å²) in [5.74, 6) is -0.469. The predicted molar refractivity (Wildman–Crippen MR) is 74.5 cm³/mol. The molecule has 1 fully saturated rings. The van der Waals surface area contributed by atoms with Crippen molar-refractivity contribution in [2.75, 3.05) is 18.5 Å². The van der Waals surface area contributed by atoms with Crippen molar-refractivity contribution in [3.63, 3.8) is 0 Å². The molecule has 0 radical (unpaired) electrons. The van der Waals surface area contributed by atoms with Crippen LogP contribution in [-0.4, -0.2) is 31.1 Å². The first-order valence-corrected chi connectivity index (χ1v) is 7.39. The summed E-state index contributed by atoms with van der Waals surface area (Å²) in [5, 5.41) is 8.34. The summed E-state index contributed by atoms with van der Waals surface area (Å²) in [6.07, 6.45) is 3.00. The number of piperidine rings is 1. The fourth-order valence-electron chi connectivity index (χ4n) is 2.05. The van der Waals surface area contributed by atoms with Crippen LogP contribution in [0, 0.1) is 0 Å². The number of rotatable bonds is 4. The highest BCUT2D eigenvalue weighted by molar-refractivity contribution is 7.14. The first kappa shape index (κ1) is 14.0. The summed E-state index contributed by atoms with van der Waals surface area (Å²) in [7, 11) is 0. The number of hydrogen-bond donors (Lipinski definition) is 2. The van der Waals surface area contributed by atoms with Gasteiger partial charge in [0.05, 0.1) is 18.2 Å². The summed E-state index contributed by atoms with van der Waals surface area (Å²) in [6, 6.07) is 1.51. The van der Waals surface area contributed by atoms with Gasteiger partial charge in [-0.25, -0.2) is 4.79 Å². The van der Waals surface area contributed by atoms with Crippen molar-refractivity contribution in [1.29, 1.82) is 0 Å². The van der Waals surface area contributed by atoms with Crippen LogP contribution in [0.4, 0.5) is 5.00 Å². The maximum absolute atomic E-state index is 12.1. The fourth-order valence-corrected chi connectivity index (χ4v) is 2.83. The molecule has 1 aromatic rings. The van der Waals surface area contributed by atoms with Crippen LogP contribution in [0.15, 0.2) is 11.4 Å². The molecule has 1 aliphatic rings. The maximum atomic E-state index is 12.1. The van der Waals surface area contributed by atoms with Crippen LogP contribution < -0.4 is 10.6 Å². The summed E-state index contributed by atoms with van der Waals surface area (Å²) in [4.78, 5) is 23.8. The van der Waals surface area contributed by atoms with Crippen LogP contribution in [0.1, 0.15) is 36.5 Å². The standard InChI is InChI=1S/C13H18N2O3S/c1-2-18-13(17)9-6-8-19-12(9)15-11(16)10-5-3-4-7-14-10/h6,8,10,14H,2-5,7H2,1H3,(H,15,16)/t10-/m1/s1. The van der Waals surface area contributed by atoms with E-state index in [-0.39, 0.29) is 11.9 Å². The van der Waals surface area contributed by atoms with E-state index in [9.17, 15) is 9.59 Å². The van der Waals surface area contributed by atoms with Gasteiger partial charge in [0.25, 0.3) is 0 Å². The molecule has 0 aromatic carbocycles. The first-order valence-electron chi connectivity index (χ1n) is 6.51. The van der Waals surface area contributed by atoms with Crippen molar-refractivity contribution >= 4 is 28.2 Å². The monoisotopic (exact) mass is 282 g/mol. The van der Waals surface area contributed by atoms with Gasteiger partial charge in [-0.2, -0.15) is 0 Å². The third-order valence-corrected chi connectivity index (χ3v) is 3.85. The molecule has 1 atom stereocenters. The average Bonchev–Trinajstić information content (AvgIpc) is 2.88. The molecule has 6 heteroatoms. The first-order chi connectivity index (χ1) is 9.22. The van der Waals surface area contributed by atoms with Crippen LogP contribution in [0.2, 0.25) is 0 Å². The second-order valence-corrected chi connectivity index (χ2v) is 5.29. The molecule has 1 saturated heterocycles. The van der Waals surface area contributed by atoms with Crippen molar-refractivity contribution in [2.24, 2.45) is 0 Å². The van der Waals surface area contributed by atoms with E-state index in [1.807, 2.05) is 0 Å². The largest absolute Gasteiger partial charge is 0.462 e. The Morgan fingerprint density at radius 2 is 2.37 bits per heavy atom. The molecule has 0 spiro atoms. The molecular formula is C13H18N2O3S. The lowest BCUT2D eigenvalue weighted by Gasteiger charge is -2.22. The van der Waals surface area contributed by atoms with E-state index in [0.717, 1.165) is 25.8 Å². The normalized spacial score (nSPS) is 18.9. The second-order valence-electron chi connectivity index (χ2n) is 4.38. The molecule has 2 rings (SSSR count). The Hall–Kier alpha value is -1.40. The third kappa shape index (κ3) is 3.54. The van der Waals surface area contributed by atoms with Crippen molar-refractivity contribution in [3.8, 4) is 0 Å². The third-order valence-electron chi connectivity index (χ3n) is 3.02. The van der Waals surface area contributed by atoms with Crippen LogP contribution in [-0.2, 0) is 9.53 Å². The quantitative estimate of drug-likeness (QED) is 0.829. The Kier molecular flexibility index (Phi) is 4.93. The smallest absolute Gasteiger partial charge is 0.341 e. The van der Waals surface area contributed by atoms with Gasteiger partial charge in [0.1, 0.15) is 5.00 Å². The summed E-state index contributed by atoms with van der Waals surface area (Å²) in [6.45, 7) is 2.95. The van der Waals surface area contributed by atoms with Gasteiger partial charge in [-0.1, -0.05) is 6.42 Å². The van der Waals surface area contributed by atoms with E-state index in [0.29, 0.717) is 17.2 Å². The number of nitrogens with one attached hydrogen (secondary N) is 2. The van der Waals surface area contributed by atoms with Crippen molar-refractivity contribution in [3.05, 3.63) is 17.0 Å². The average molecular weight is 282 g/mol. The molecule has 19 heavy (non-hydrogen) atoms. The van der Waals surface area contributed by atoms with Crippen molar-refractivity contribution < 1.29 is 14.3 Å². The summed E-state index contributed by atoms with van der Waals surface area (Å²) in [5.41, 5.74) is 0.427. The Labute approximate surface area is 116 Å². The number of carbonyl (C=O) groups excluding carboxylic acids is 2. The predicted octanol–water partition coefficient (Wildman–Crippen LogP) is 2.01. The van der Waals surface area contributed by atoms with Gasteiger partial charge in [0.15, 0.2) is 0 Å². The van der Waals surface area contributed by atoms with Gasteiger partial charge in [0, 0.05) is 0 Å². The minimum atomic E-state index is -0.393. The van der Waals surface area contributed by atoms with Gasteiger partial charge in [-0.15, -0.1) is 11.3 Å². The lowest BCUT2D eigenvalue weighted by atomic mass is 10.0. The number of thiophene rings is 1. The topological polar surface area (TPSA) is 67.4 Å². The number of carbonyl (C=O) groups is 2. The van der Waals surface area contributed by atoms with Crippen LogP contribution in [0.5, 0.6) is 0 Å². The van der Waals surface area contributed by atoms with Gasteiger partial charge in [-0.3, -0.25) is 4.79 Å². The zero-order chi connectivity index (χ0) is 13.7.